The summed E-state index contributed by atoms with van der Waals surface area (Å²) in [5.41, 5.74) is 0. The van der Waals surface area contributed by atoms with Gasteiger partial charge in [-0.05, 0) is 12.8 Å². The lowest BCUT2D eigenvalue weighted by Crippen LogP contribution is -2.36. The molecule has 1 aromatic rings. The van der Waals surface area contributed by atoms with Crippen molar-refractivity contribution >= 4 is 35.6 Å². The Morgan fingerprint density at radius 3 is 1.78 bits per heavy atom. The Balaban J connectivity index is 1.04. The number of carbonyl (C=O) groups is 4. The number of thioether (sulfide) groups is 1. The van der Waals surface area contributed by atoms with Crippen molar-refractivity contribution in [2.24, 2.45) is 0 Å². The van der Waals surface area contributed by atoms with Crippen molar-refractivity contribution in [1.29, 1.82) is 0 Å². The van der Waals surface area contributed by atoms with E-state index in [1.54, 1.807) is 0 Å². The van der Waals surface area contributed by atoms with Crippen molar-refractivity contribution in [2.75, 3.05) is 71.7 Å². The maximum atomic E-state index is 13.5. The van der Waals surface area contributed by atoms with Crippen LogP contribution in [0.1, 0.15) is 38.5 Å². The van der Waals surface area contributed by atoms with Crippen LogP contribution in [0.25, 0.3) is 0 Å². The van der Waals surface area contributed by atoms with Crippen molar-refractivity contribution in [3.05, 3.63) is 29.1 Å². The maximum absolute atomic E-state index is 13.5. The summed E-state index contributed by atoms with van der Waals surface area (Å²) in [5.74, 6) is -13.6. The lowest BCUT2D eigenvalue weighted by molar-refractivity contribution is -0.136. The van der Waals surface area contributed by atoms with Gasteiger partial charge in [0.05, 0.1) is 71.4 Å². The smallest absolute Gasteiger partial charge is 0.315 e. The molecule has 2 heterocycles. The molecule has 0 spiro atoms. The first kappa shape index (κ1) is 40.2. The number of fused-ring (bicyclic) bond motifs is 1. The van der Waals surface area contributed by atoms with Gasteiger partial charge in [-0.3, -0.25) is 14.4 Å². The van der Waals surface area contributed by atoms with Gasteiger partial charge in [0.15, 0.2) is 0 Å². The molecule has 0 aromatic heterocycles. The third-order valence-corrected chi connectivity index (χ3v) is 8.78. The van der Waals surface area contributed by atoms with Gasteiger partial charge in [-0.1, -0.05) is 6.42 Å². The van der Waals surface area contributed by atoms with Gasteiger partial charge in [-0.25, -0.2) is 18.0 Å². The number of amides is 4. The molecule has 4 N–H and O–H groups in total. The SMILES string of the molecule is O=C(CCCC[C@@H]1SC[C@@H]2NC(=O)N[C@@H]21)NCCNC(=O)CCOCCOCCOCCOCCC(=O)Oc1c(F)c(F)c(F)c(F)c1F. The Labute approximate surface area is 284 Å². The van der Waals surface area contributed by atoms with Gasteiger partial charge >= 0.3 is 12.0 Å². The zero-order chi connectivity index (χ0) is 35.6. The maximum Gasteiger partial charge on any atom is 0.315 e. The van der Waals surface area contributed by atoms with E-state index in [4.69, 9.17) is 18.9 Å². The number of benzene rings is 1. The number of halogens is 5. The minimum absolute atomic E-state index is 0.0514. The minimum atomic E-state index is -2.36. The second-order valence-corrected chi connectivity index (χ2v) is 12.2. The molecular weight excluding hydrogens is 687 g/mol. The van der Waals surface area contributed by atoms with Gasteiger partial charge in [0.25, 0.3) is 0 Å². The van der Waals surface area contributed by atoms with Gasteiger partial charge < -0.3 is 45.0 Å². The van der Waals surface area contributed by atoms with E-state index in [1.807, 2.05) is 11.8 Å². The first-order valence-corrected chi connectivity index (χ1v) is 16.9. The second kappa shape index (κ2) is 21.7. The van der Waals surface area contributed by atoms with E-state index in [2.05, 4.69) is 26.0 Å². The third-order valence-electron chi connectivity index (χ3n) is 7.28. The fraction of sp³-hybridized carbons (Fsp3) is 0.667. The predicted octanol–water partition coefficient (Wildman–Crippen LogP) is 2.09. The standard InChI is InChI=1S/C30H41F5N4O9S/c31-23-24(32)26(34)29(27(35)25(23)33)48-22(42)6-10-45-12-14-47-16-15-46-13-11-44-9-5-21(41)37-8-7-36-20(40)4-2-1-3-19-28-18(17-49-19)38-30(43)39-28/h18-19,28H,1-17H2,(H,36,40)(H,37,41)(H2,38,39,43)/t18-,19-,28-/m0/s1. The highest BCUT2D eigenvalue weighted by Crippen LogP contribution is 2.33. The number of carbonyl (C=O) groups excluding carboxylic acids is 4. The molecule has 19 heteroatoms. The van der Waals surface area contributed by atoms with Crippen LogP contribution in [0.4, 0.5) is 26.7 Å². The number of urea groups is 1. The summed E-state index contributed by atoms with van der Waals surface area (Å²) in [7, 11) is 0. The Hall–Kier alpha value is -3.26. The van der Waals surface area contributed by atoms with Crippen molar-refractivity contribution in [3.8, 4) is 5.75 Å². The lowest BCUT2D eigenvalue weighted by atomic mass is 10.0. The largest absolute Gasteiger partial charge is 0.420 e. The van der Waals surface area contributed by atoms with Crippen molar-refractivity contribution in [3.63, 3.8) is 0 Å². The highest BCUT2D eigenvalue weighted by molar-refractivity contribution is 8.00. The Morgan fingerprint density at radius 1 is 0.673 bits per heavy atom. The van der Waals surface area contributed by atoms with Gasteiger partial charge in [0.2, 0.25) is 46.6 Å². The molecule has 276 valence electrons. The molecule has 0 radical (unpaired) electrons. The van der Waals surface area contributed by atoms with Gasteiger partial charge in [0.1, 0.15) is 0 Å². The predicted molar refractivity (Wildman–Crippen MR) is 164 cm³/mol. The fourth-order valence-corrected chi connectivity index (χ4v) is 6.32. The van der Waals surface area contributed by atoms with Crippen LogP contribution in [0.5, 0.6) is 5.75 Å². The Morgan fingerprint density at radius 2 is 1.18 bits per heavy atom. The number of unbranched alkanes of at least 4 members (excludes halogenated alkanes) is 1. The molecule has 0 bridgehead atoms. The van der Waals surface area contributed by atoms with Crippen LogP contribution in [-0.4, -0.2) is 113 Å². The number of hydrogen-bond acceptors (Lipinski definition) is 10. The average Bonchev–Trinajstić information content (AvgIpc) is 3.64. The molecular formula is C30H41F5N4O9S. The summed E-state index contributed by atoms with van der Waals surface area (Å²) in [6, 6.07) is 0.261. The molecule has 0 saturated carbocycles. The number of esters is 1. The summed E-state index contributed by atoms with van der Waals surface area (Å²) in [6.45, 7) is 1.79. The molecule has 0 aliphatic carbocycles. The van der Waals surface area contributed by atoms with Crippen LogP contribution in [0, 0.1) is 29.1 Å². The lowest BCUT2D eigenvalue weighted by Gasteiger charge is -2.16. The Bertz CT molecular complexity index is 1240. The molecule has 2 aliphatic heterocycles. The molecule has 2 fully saturated rings. The normalized spacial score (nSPS) is 18.1. The van der Waals surface area contributed by atoms with E-state index < -0.39 is 47.2 Å². The van der Waals surface area contributed by atoms with Crippen LogP contribution in [-0.2, 0) is 33.3 Å². The van der Waals surface area contributed by atoms with Crippen LogP contribution in [0.3, 0.4) is 0 Å². The number of ether oxygens (including phenoxy) is 5. The monoisotopic (exact) mass is 728 g/mol. The van der Waals surface area contributed by atoms with Crippen LogP contribution < -0.4 is 26.0 Å². The van der Waals surface area contributed by atoms with E-state index in [-0.39, 0.29) is 89.2 Å². The van der Waals surface area contributed by atoms with Gasteiger partial charge in [-0.2, -0.15) is 20.5 Å². The van der Waals surface area contributed by atoms with Crippen molar-refractivity contribution in [1.82, 2.24) is 21.3 Å². The molecule has 2 aliphatic rings. The summed E-state index contributed by atoms with van der Waals surface area (Å²) >= 11 is 1.85. The number of rotatable bonds is 24. The van der Waals surface area contributed by atoms with Crippen molar-refractivity contribution < 1.29 is 64.8 Å². The number of hydrogen-bond donors (Lipinski definition) is 4. The molecule has 1 aromatic carbocycles. The first-order chi connectivity index (χ1) is 23.6. The quantitative estimate of drug-likeness (QED) is 0.0236. The number of nitrogens with one attached hydrogen (secondary N) is 4. The van der Waals surface area contributed by atoms with Crippen LogP contribution in [0.15, 0.2) is 0 Å². The minimum Gasteiger partial charge on any atom is -0.420 e. The van der Waals surface area contributed by atoms with E-state index in [9.17, 15) is 41.1 Å². The third kappa shape index (κ3) is 13.9. The topological polar surface area (TPSA) is 163 Å². The second-order valence-electron chi connectivity index (χ2n) is 10.9. The first-order valence-electron chi connectivity index (χ1n) is 15.8. The fourth-order valence-electron chi connectivity index (χ4n) is 4.78. The molecule has 49 heavy (non-hydrogen) atoms. The van der Waals surface area contributed by atoms with E-state index in [0.717, 1.165) is 25.0 Å². The summed E-state index contributed by atoms with van der Waals surface area (Å²) < 4.78 is 91.7. The van der Waals surface area contributed by atoms with Gasteiger partial charge in [0, 0.05) is 36.9 Å². The summed E-state index contributed by atoms with van der Waals surface area (Å²) in [6.07, 6.45) is 2.67. The van der Waals surface area contributed by atoms with E-state index >= 15 is 0 Å². The molecule has 3 rings (SSSR count). The van der Waals surface area contributed by atoms with E-state index in [1.165, 1.54) is 0 Å². The summed E-state index contributed by atoms with van der Waals surface area (Å²) in [5, 5.41) is 11.8. The van der Waals surface area contributed by atoms with Crippen LogP contribution in [0.2, 0.25) is 0 Å². The van der Waals surface area contributed by atoms with Crippen LogP contribution >= 0.6 is 11.8 Å². The summed E-state index contributed by atoms with van der Waals surface area (Å²) in [4.78, 5) is 47.0. The molecule has 2 saturated heterocycles. The molecule has 13 nitrogen and oxygen atoms in total. The Kier molecular flexibility index (Phi) is 17.8. The molecule has 4 amide bonds. The molecule has 0 unspecified atom stereocenters. The highest BCUT2D eigenvalue weighted by atomic mass is 32.2. The average molecular weight is 729 g/mol. The molecule has 3 atom stereocenters. The zero-order valence-corrected chi connectivity index (χ0v) is 27.5. The van der Waals surface area contributed by atoms with E-state index in [0.29, 0.717) is 24.8 Å². The van der Waals surface area contributed by atoms with Crippen molar-refractivity contribution in [2.45, 2.75) is 55.9 Å². The highest BCUT2D eigenvalue weighted by Gasteiger charge is 2.42. The zero-order valence-electron chi connectivity index (χ0n) is 26.7. The van der Waals surface area contributed by atoms with Gasteiger partial charge in [-0.15, -0.1) is 0 Å².